The zero-order valence-corrected chi connectivity index (χ0v) is 13.9. The lowest BCUT2D eigenvalue weighted by molar-refractivity contribution is -0.128. The molecule has 0 radical (unpaired) electrons. The van der Waals surface area contributed by atoms with Crippen molar-refractivity contribution in [2.24, 2.45) is 5.92 Å². The van der Waals surface area contributed by atoms with Crippen LogP contribution < -0.4 is 5.32 Å². The van der Waals surface area contributed by atoms with Gasteiger partial charge >= 0.3 is 0 Å². The van der Waals surface area contributed by atoms with Gasteiger partial charge in [0, 0.05) is 26.1 Å². The van der Waals surface area contributed by atoms with E-state index in [-0.39, 0.29) is 17.7 Å². The van der Waals surface area contributed by atoms with Crippen molar-refractivity contribution in [1.82, 2.24) is 10.2 Å². The van der Waals surface area contributed by atoms with Gasteiger partial charge in [-0.3, -0.25) is 9.59 Å². The van der Waals surface area contributed by atoms with Gasteiger partial charge in [0.05, 0.1) is 5.92 Å². The molecule has 3 rings (SSSR count). The topological polar surface area (TPSA) is 49.4 Å². The van der Waals surface area contributed by atoms with Gasteiger partial charge in [0.2, 0.25) is 11.8 Å². The van der Waals surface area contributed by atoms with Gasteiger partial charge < -0.3 is 10.2 Å². The first-order valence-corrected chi connectivity index (χ1v) is 8.37. The molecule has 124 valence electrons. The average molecular weight is 322 g/mol. The third-order valence-electron chi connectivity index (χ3n) is 4.47. The van der Waals surface area contributed by atoms with Crippen LogP contribution in [0.25, 0.3) is 11.1 Å². The molecule has 1 aliphatic rings. The fourth-order valence-corrected chi connectivity index (χ4v) is 3.08. The van der Waals surface area contributed by atoms with Gasteiger partial charge in [0.1, 0.15) is 0 Å². The molecule has 4 nitrogen and oxygen atoms in total. The highest BCUT2D eigenvalue weighted by Gasteiger charge is 2.33. The van der Waals surface area contributed by atoms with E-state index < -0.39 is 0 Å². The molecule has 24 heavy (non-hydrogen) atoms. The summed E-state index contributed by atoms with van der Waals surface area (Å²) in [5.74, 6) is -0.192. The Bertz CT molecular complexity index is 727. The monoisotopic (exact) mass is 322 g/mol. The molecule has 2 amide bonds. The number of nitrogens with one attached hydrogen (secondary N) is 1. The largest absolute Gasteiger partial charge is 0.352 e. The summed E-state index contributed by atoms with van der Waals surface area (Å²) in [6.07, 6.45) is 0.323. The Morgan fingerprint density at radius 1 is 1.12 bits per heavy atom. The Kier molecular flexibility index (Phi) is 4.94. The minimum atomic E-state index is -0.227. The van der Waals surface area contributed by atoms with Crippen molar-refractivity contribution in [1.29, 1.82) is 0 Å². The number of hydrogen-bond acceptors (Lipinski definition) is 2. The quantitative estimate of drug-likeness (QED) is 0.920. The first-order valence-electron chi connectivity index (χ1n) is 8.37. The molecule has 1 saturated heterocycles. The lowest BCUT2D eigenvalue weighted by atomic mass is 10.0. The van der Waals surface area contributed by atoms with Crippen molar-refractivity contribution < 1.29 is 9.59 Å². The second kappa shape index (κ2) is 7.30. The highest BCUT2D eigenvalue weighted by molar-refractivity contribution is 5.89. The van der Waals surface area contributed by atoms with Crippen molar-refractivity contribution in [3.8, 4) is 11.1 Å². The number of hydrogen-bond donors (Lipinski definition) is 1. The number of benzene rings is 2. The van der Waals surface area contributed by atoms with Crippen molar-refractivity contribution in [3.05, 3.63) is 60.2 Å². The number of carbonyl (C=O) groups is 2. The molecule has 1 N–H and O–H groups in total. The Hall–Kier alpha value is -2.62. The average Bonchev–Trinajstić information content (AvgIpc) is 3.01. The minimum Gasteiger partial charge on any atom is -0.352 e. The number of rotatable bonds is 5. The van der Waals surface area contributed by atoms with Crippen LogP contribution in [0, 0.1) is 5.92 Å². The fraction of sp³-hybridized carbons (Fsp3) is 0.300. The van der Waals surface area contributed by atoms with E-state index in [1.807, 2.05) is 37.3 Å². The SMILES string of the molecule is CCN1CC(C(=O)NCc2cccc(-c3ccccc3)c2)CC1=O. The molecule has 0 spiro atoms. The Balaban J connectivity index is 1.61. The summed E-state index contributed by atoms with van der Waals surface area (Å²) in [6, 6.07) is 18.3. The molecular weight excluding hydrogens is 300 g/mol. The van der Waals surface area contributed by atoms with Gasteiger partial charge in [0.25, 0.3) is 0 Å². The summed E-state index contributed by atoms with van der Waals surface area (Å²) in [4.78, 5) is 25.8. The second-order valence-electron chi connectivity index (χ2n) is 6.12. The van der Waals surface area contributed by atoms with Crippen LogP contribution in [0.3, 0.4) is 0 Å². The van der Waals surface area contributed by atoms with Gasteiger partial charge in [-0.1, -0.05) is 48.5 Å². The van der Waals surface area contributed by atoms with E-state index in [1.54, 1.807) is 4.90 Å². The first-order chi connectivity index (χ1) is 11.7. The summed E-state index contributed by atoms with van der Waals surface area (Å²) in [5, 5.41) is 2.97. The number of likely N-dealkylation sites (tertiary alicyclic amines) is 1. The zero-order valence-electron chi connectivity index (χ0n) is 13.9. The highest BCUT2D eigenvalue weighted by atomic mass is 16.2. The Morgan fingerprint density at radius 2 is 1.88 bits per heavy atom. The van der Waals surface area contributed by atoms with E-state index in [4.69, 9.17) is 0 Å². The summed E-state index contributed by atoms with van der Waals surface area (Å²) in [7, 11) is 0. The van der Waals surface area contributed by atoms with Crippen LogP contribution in [-0.4, -0.2) is 29.8 Å². The van der Waals surface area contributed by atoms with Crippen LogP contribution in [0.4, 0.5) is 0 Å². The summed E-state index contributed by atoms with van der Waals surface area (Å²) < 4.78 is 0. The van der Waals surface area contributed by atoms with Crippen LogP contribution in [0.1, 0.15) is 18.9 Å². The molecule has 0 saturated carbocycles. The highest BCUT2D eigenvalue weighted by Crippen LogP contribution is 2.21. The van der Waals surface area contributed by atoms with Crippen molar-refractivity contribution in [2.45, 2.75) is 19.9 Å². The Morgan fingerprint density at radius 3 is 2.58 bits per heavy atom. The number of amides is 2. The fourth-order valence-electron chi connectivity index (χ4n) is 3.08. The van der Waals surface area contributed by atoms with Crippen molar-refractivity contribution in [2.75, 3.05) is 13.1 Å². The van der Waals surface area contributed by atoms with E-state index in [0.717, 1.165) is 16.7 Å². The number of nitrogens with zero attached hydrogens (tertiary/aromatic N) is 1. The van der Waals surface area contributed by atoms with E-state index in [2.05, 4.69) is 29.6 Å². The summed E-state index contributed by atoms with van der Waals surface area (Å²) in [6.45, 7) is 3.62. The van der Waals surface area contributed by atoms with Gasteiger partial charge in [-0.15, -0.1) is 0 Å². The van der Waals surface area contributed by atoms with E-state index in [1.165, 1.54) is 0 Å². The first kappa shape index (κ1) is 16.2. The normalized spacial score (nSPS) is 17.1. The van der Waals surface area contributed by atoms with Crippen LogP contribution in [-0.2, 0) is 16.1 Å². The predicted molar refractivity (Wildman–Crippen MR) is 94.1 cm³/mol. The predicted octanol–water partition coefficient (Wildman–Crippen LogP) is 2.84. The molecular formula is C20H22N2O2. The van der Waals surface area contributed by atoms with Gasteiger partial charge in [-0.2, -0.15) is 0 Å². The van der Waals surface area contributed by atoms with Gasteiger partial charge in [-0.05, 0) is 29.7 Å². The lowest BCUT2D eigenvalue weighted by Gasteiger charge is -2.14. The maximum atomic E-state index is 12.3. The van der Waals surface area contributed by atoms with Gasteiger partial charge in [-0.25, -0.2) is 0 Å². The minimum absolute atomic E-state index is 0.0376. The van der Waals surface area contributed by atoms with Crippen molar-refractivity contribution in [3.63, 3.8) is 0 Å². The Labute approximate surface area is 142 Å². The molecule has 4 heteroatoms. The molecule has 0 bridgehead atoms. The van der Waals surface area contributed by atoms with Crippen LogP contribution >= 0.6 is 0 Å². The molecule has 0 aliphatic carbocycles. The number of carbonyl (C=O) groups excluding carboxylic acids is 2. The summed E-state index contributed by atoms with van der Waals surface area (Å²) in [5.41, 5.74) is 3.35. The summed E-state index contributed by atoms with van der Waals surface area (Å²) >= 11 is 0. The molecule has 1 heterocycles. The van der Waals surface area contributed by atoms with E-state index >= 15 is 0 Å². The van der Waals surface area contributed by atoms with Crippen LogP contribution in [0.5, 0.6) is 0 Å². The molecule has 2 aromatic carbocycles. The third-order valence-corrected chi connectivity index (χ3v) is 4.47. The lowest BCUT2D eigenvalue weighted by Crippen LogP contribution is -2.32. The molecule has 1 atom stereocenters. The maximum Gasteiger partial charge on any atom is 0.225 e. The van der Waals surface area contributed by atoms with E-state index in [0.29, 0.717) is 26.1 Å². The van der Waals surface area contributed by atoms with E-state index in [9.17, 15) is 9.59 Å². The third kappa shape index (κ3) is 3.65. The molecule has 1 unspecified atom stereocenters. The molecule has 1 fully saturated rings. The zero-order chi connectivity index (χ0) is 16.9. The smallest absolute Gasteiger partial charge is 0.225 e. The van der Waals surface area contributed by atoms with Crippen molar-refractivity contribution >= 4 is 11.8 Å². The maximum absolute atomic E-state index is 12.3. The molecule has 2 aromatic rings. The van der Waals surface area contributed by atoms with Gasteiger partial charge in [0.15, 0.2) is 0 Å². The second-order valence-corrected chi connectivity index (χ2v) is 6.12. The van der Waals surface area contributed by atoms with Crippen LogP contribution in [0.2, 0.25) is 0 Å². The standard InChI is InChI=1S/C20H22N2O2/c1-2-22-14-18(12-19(22)23)20(24)21-13-15-7-6-10-17(11-15)16-8-4-3-5-9-16/h3-11,18H,2,12-14H2,1H3,(H,21,24). The van der Waals surface area contributed by atoms with Crippen LogP contribution in [0.15, 0.2) is 54.6 Å². The molecule has 0 aromatic heterocycles. The molecule has 1 aliphatic heterocycles.